The molecule has 2 unspecified atom stereocenters. The first-order valence-corrected chi connectivity index (χ1v) is 7.26. The van der Waals surface area contributed by atoms with Gasteiger partial charge in [0.15, 0.2) is 0 Å². The molecule has 0 spiro atoms. The van der Waals surface area contributed by atoms with Crippen LogP contribution in [0.3, 0.4) is 0 Å². The minimum atomic E-state index is 0.775. The Labute approximate surface area is 107 Å². The maximum atomic E-state index is 4.45. The van der Waals surface area contributed by atoms with Gasteiger partial charge in [-0.15, -0.1) is 0 Å². The summed E-state index contributed by atoms with van der Waals surface area (Å²) < 4.78 is 0. The van der Waals surface area contributed by atoms with Crippen LogP contribution in [0.5, 0.6) is 0 Å². The van der Waals surface area contributed by atoms with Crippen LogP contribution in [0, 0.1) is 11.8 Å². The molecule has 1 aliphatic heterocycles. The van der Waals surface area contributed by atoms with E-state index >= 15 is 0 Å². The van der Waals surface area contributed by atoms with Crippen molar-refractivity contribution in [3.05, 3.63) is 0 Å². The van der Waals surface area contributed by atoms with E-state index in [9.17, 15) is 0 Å². The molecular formula is C13H28N2S. The number of likely N-dealkylation sites (tertiary alicyclic amines) is 1. The topological polar surface area (TPSA) is 6.48 Å². The summed E-state index contributed by atoms with van der Waals surface area (Å²) in [6.45, 7) is 7.31. The molecule has 0 amide bonds. The molecule has 1 heterocycles. The molecule has 1 rings (SSSR count). The first-order valence-electron chi connectivity index (χ1n) is 6.63. The largest absolute Gasteiger partial charge is 0.306 e. The highest BCUT2D eigenvalue weighted by Gasteiger charge is 2.21. The van der Waals surface area contributed by atoms with Crippen LogP contribution in [0.4, 0.5) is 0 Å². The molecular weight excluding hydrogens is 216 g/mol. The fraction of sp³-hybridized carbons (Fsp3) is 1.00. The summed E-state index contributed by atoms with van der Waals surface area (Å²) in [6.07, 6.45) is 3.98. The summed E-state index contributed by atoms with van der Waals surface area (Å²) in [7, 11) is 4.50. The van der Waals surface area contributed by atoms with Crippen LogP contribution in [-0.4, -0.2) is 55.8 Å². The minimum Gasteiger partial charge on any atom is -0.306 e. The van der Waals surface area contributed by atoms with E-state index < -0.39 is 0 Å². The van der Waals surface area contributed by atoms with Gasteiger partial charge in [0.1, 0.15) is 0 Å². The zero-order chi connectivity index (χ0) is 12.0. The first-order chi connectivity index (χ1) is 7.65. The van der Waals surface area contributed by atoms with E-state index in [-0.39, 0.29) is 0 Å². The van der Waals surface area contributed by atoms with E-state index in [1.165, 1.54) is 45.4 Å². The Kier molecular flexibility index (Phi) is 6.78. The van der Waals surface area contributed by atoms with Crippen LogP contribution in [-0.2, 0) is 0 Å². The molecule has 1 fully saturated rings. The molecule has 0 bridgehead atoms. The lowest BCUT2D eigenvalue weighted by molar-refractivity contribution is 0.239. The maximum Gasteiger partial charge on any atom is 0.00194 e. The van der Waals surface area contributed by atoms with Crippen molar-refractivity contribution in [2.75, 3.05) is 46.0 Å². The lowest BCUT2D eigenvalue weighted by Gasteiger charge is -2.25. The zero-order valence-electron chi connectivity index (χ0n) is 11.2. The Bertz CT molecular complexity index is 181. The van der Waals surface area contributed by atoms with Crippen LogP contribution >= 0.6 is 12.6 Å². The molecule has 0 aliphatic carbocycles. The van der Waals surface area contributed by atoms with Crippen LogP contribution in [0.2, 0.25) is 0 Å². The normalized spacial score (nSPS) is 24.2. The molecule has 0 saturated carbocycles. The van der Waals surface area contributed by atoms with Crippen LogP contribution < -0.4 is 0 Å². The van der Waals surface area contributed by atoms with Gasteiger partial charge in [-0.25, -0.2) is 0 Å². The molecule has 2 nitrogen and oxygen atoms in total. The summed E-state index contributed by atoms with van der Waals surface area (Å²) in [5.41, 5.74) is 0. The first kappa shape index (κ1) is 14.3. The van der Waals surface area contributed by atoms with Crippen molar-refractivity contribution in [3.63, 3.8) is 0 Å². The maximum absolute atomic E-state index is 4.45. The van der Waals surface area contributed by atoms with Crippen molar-refractivity contribution in [1.29, 1.82) is 0 Å². The number of hydrogen-bond donors (Lipinski definition) is 1. The van der Waals surface area contributed by atoms with E-state index in [4.69, 9.17) is 0 Å². The van der Waals surface area contributed by atoms with Gasteiger partial charge in [-0.3, -0.25) is 0 Å². The second kappa shape index (κ2) is 7.57. The number of thiol groups is 1. The molecule has 1 aliphatic rings. The van der Waals surface area contributed by atoms with E-state index in [1.54, 1.807) is 0 Å². The van der Waals surface area contributed by atoms with Gasteiger partial charge in [0.25, 0.3) is 0 Å². The highest BCUT2D eigenvalue weighted by atomic mass is 32.1. The third kappa shape index (κ3) is 5.07. The molecule has 0 aromatic heterocycles. The van der Waals surface area contributed by atoms with Crippen molar-refractivity contribution in [3.8, 4) is 0 Å². The Balaban J connectivity index is 2.21. The van der Waals surface area contributed by atoms with Gasteiger partial charge in [-0.1, -0.05) is 13.3 Å². The van der Waals surface area contributed by atoms with Crippen LogP contribution in [0.15, 0.2) is 0 Å². The SMILES string of the molecule is CCCC(CS)CN(C)CC1CCN(C)C1. The second-order valence-electron chi connectivity index (χ2n) is 5.48. The highest BCUT2D eigenvalue weighted by Crippen LogP contribution is 2.17. The molecule has 1 saturated heterocycles. The van der Waals surface area contributed by atoms with Crippen molar-refractivity contribution in [2.45, 2.75) is 26.2 Å². The second-order valence-corrected chi connectivity index (χ2v) is 5.84. The Hall–Kier alpha value is 0.270. The van der Waals surface area contributed by atoms with Gasteiger partial charge in [0, 0.05) is 19.6 Å². The highest BCUT2D eigenvalue weighted by molar-refractivity contribution is 7.80. The summed E-state index contributed by atoms with van der Waals surface area (Å²) in [5, 5.41) is 0. The zero-order valence-corrected chi connectivity index (χ0v) is 12.0. The number of nitrogens with zero attached hydrogens (tertiary/aromatic N) is 2. The van der Waals surface area contributed by atoms with Crippen LogP contribution in [0.1, 0.15) is 26.2 Å². The molecule has 0 aromatic rings. The van der Waals surface area contributed by atoms with E-state index in [0.717, 1.165) is 17.6 Å². The molecule has 96 valence electrons. The van der Waals surface area contributed by atoms with Crippen molar-refractivity contribution < 1.29 is 0 Å². The van der Waals surface area contributed by atoms with Crippen molar-refractivity contribution in [1.82, 2.24) is 9.80 Å². The molecule has 2 atom stereocenters. The molecule has 0 N–H and O–H groups in total. The smallest absolute Gasteiger partial charge is 0.00194 e. The van der Waals surface area contributed by atoms with Gasteiger partial charge in [0.2, 0.25) is 0 Å². The van der Waals surface area contributed by atoms with Crippen molar-refractivity contribution in [2.24, 2.45) is 11.8 Å². The molecule has 0 radical (unpaired) electrons. The minimum absolute atomic E-state index is 0.775. The van der Waals surface area contributed by atoms with E-state index in [0.29, 0.717) is 0 Å². The summed E-state index contributed by atoms with van der Waals surface area (Å²) in [6, 6.07) is 0. The van der Waals surface area contributed by atoms with Crippen LogP contribution in [0.25, 0.3) is 0 Å². The lowest BCUT2D eigenvalue weighted by atomic mass is 10.0. The molecule has 3 heteroatoms. The average Bonchev–Trinajstić information content (AvgIpc) is 2.63. The Morgan fingerprint density at radius 2 is 2.25 bits per heavy atom. The van der Waals surface area contributed by atoms with Gasteiger partial charge in [-0.2, -0.15) is 12.6 Å². The number of rotatable bonds is 7. The fourth-order valence-corrected chi connectivity index (χ4v) is 3.08. The van der Waals surface area contributed by atoms with Gasteiger partial charge >= 0.3 is 0 Å². The average molecular weight is 244 g/mol. The summed E-state index contributed by atoms with van der Waals surface area (Å²) >= 11 is 4.45. The van der Waals surface area contributed by atoms with Crippen molar-refractivity contribution >= 4 is 12.6 Å². The number of hydrogen-bond acceptors (Lipinski definition) is 3. The standard InChI is InChI=1S/C13H28N2S/c1-4-5-13(11-16)10-15(3)9-12-6-7-14(2)8-12/h12-13,16H,4-11H2,1-3H3. The monoisotopic (exact) mass is 244 g/mol. The Morgan fingerprint density at radius 3 is 2.75 bits per heavy atom. The van der Waals surface area contributed by atoms with E-state index in [2.05, 4.69) is 43.4 Å². The molecule has 16 heavy (non-hydrogen) atoms. The van der Waals surface area contributed by atoms with Gasteiger partial charge in [0.05, 0.1) is 0 Å². The fourth-order valence-electron chi connectivity index (χ4n) is 2.78. The predicted octanol–water partition coefficient (Wildman–Crippen LogP) is 2.22. The predicted molar refractivity (Wildman–Crippen MR) is 75.4 cm³/mol. The van der Waals surface area contributed by atoms with E-state index in [1.807, 2.05) is 0 Å². The lowest BCUT2D eigenvalue weighted by Crippen LogP contribution is -2.32. The quantitative estimate of drug-likeness (QED) is 0.686. The van der Waals surface area contributed by atoms with Gasteiger partial charge < -0.3 is 9.80 Å². The summed E-state index contributed by atoms with van der Waals surface area (Å²) in [4.78, 5) is 4.96. The Morgan fingerprint density at radius 1 is 1.50 bits per heavy atom. The molecule has 0 aromatic carbocycles. The summed E-state index contributed by atoms with van der Waals surface area (Å²) in [5.74, 6) is 2.69. The third-order valence-corrected chi connectivity index (χ3v) is 4.10. The third-order valence-electron chi connectivity index (χ3n) is 3.58. The van der Waals surface area contributed by atoms with Gasteiger partial charge in [-0.05, 0) is 51.1 Å².